The maximum atomic E-state index is 12.2. The quantitative estimate of drug-likeness (QED) is 0.839. The number of rotatable bonds is 5. The lowest BCUT2D eigenvalue weighted by molar-refractivity contribution is -0.122. The van der Waals surface area contributed by atoms with Gasteiger partial charge in [-0.1, -0.05) is 26.0 Å². The first-order valence-electron chi connectivity index (χ1n) is 7.00. The number of thiazole rings is 1. The molecular weight excluding hydrogens is 294 g/mol. The van der Waals surface area contributed by atoms with Crippen LogP contribution >= 0.6 is 11.3 Å². The summed E-state index contributed by atoms with van der Waals surface area (Å²) in [6.45, 7) is 3.77. The summed E-state index contributed by atoms with van der Waals surface area (Å²) >= 11 is 1.32. The van der Waals surface area contributed by atoms with Gasteiger partial charge in [0.1, 0.15) is 5.01 Å². The number of hydrogen-bond donors (Lipinski definition) is 0. The van der Waals surface area contributed by atoms with Gasteiger partial charge in [-0.05, 0) is 18.6 Å². The second-order valence-corrected chi connectivity index (χ2v) is 5.92. The number of ketones is 1. The van der Waals surface area contributed by atoms with Gasteiger partial charge in [-0.2, -0.15) is 10.5 Å². The third kappa shape index (κ3) is 3.21. The van der Waals surface area contributed by atoms with E-state index in [2.05, 4.69) is 17.1 Å². The Kier molecular flexibility index (Phi) is 5.04. The van der Waals surface area contributed by atoms with Crippen LogP contribution in [0.2, 0.25) is 0 Å². The van der Waals surface area contributed by atoms with Crippen molar-refractivity contribution in [3.63, 3.8) is 0 Å². The van der Waals surface area contributed by atoms with E-state index in [9.17, 15) is 10.1 Å². The Morgan fingerprint density at radius 2 is 2.00 bits per heavy atom. The van der Waals surface area contributed by atoms with Crippen LogP contribution in [-0.4, -0.2) is 10.8 Å². The van der Waals surface area contributed by atoms with Crippen LogP contribution in [0.25, 0.3) is 11.3 Å². The Bertz CT molecular complexity index is 749. The zero-order valence-electron chi connectivity index (χ0n) is 12.4. The fraction of sp³-hybridized carbons (Fsp3) is 0.294. The Morgan fingerprint density at radius 3 is 2.55 bits per heavy atom. The van der Waals surface area contributed by atoms with Crippen molar-refractivity contribution in [2.45, 2.75) is 26.2 Å². The van der Waals surface area contributed by atoms with Crippen LogP contribution in [0.5, 0.6) is 0 Å². The van der Waals surface area contributed by atoms with E-state index in [-0.39, 0.29) is 11.7 Å². The van der Waals surface area contributed by atoms with Gasteiger partial charge in [0.05, 0.1) is 23.4 Å². The molecule has 0 aliphatic carbocycles. The average Bonchev–Trinajstić information content (AvgIpc) is 3.04. The van der Waals surface area contributed by atoms with Gasteiger partial charge in [0.15, 0.2) is 11.7 Å². The van der Waals surface area contributed by atoms with E-state index in [1.165, 1.54) is 11.3 Å². The van der Waals surface area contributed by atoms with Gasteiger partial charge < -0.3 is 0 Å². The number of hydrogen-bond acceptors (Lipinski definition) is 5. The maximum Gasteiger partial charge on any atom is 0.159 e. The summed E-state index contributed by atoms with van der Waals surface area (Å²) in [6, 6.07) is 11.2. The van der Waals surface area contributed by atoms with Crippen LogP contribution in [0.1, 0.15) is 36.8 Å². The molecule has 0 saturated heterocycles. The lowest BCUT2D eigenvalue weighted by Gasteiger charge is -2.10. The van der Waals surface area contributed by atoms with E-state index in [1.54, 1.807) is 12.1 Å². The molecule has 1 aromatic carbocycles. The Balaban J connectivity index is 2.28. The largest absolute Gasteiger partial charge is 0.297 e. The molecule has 0 spiro atoms. The molecule has 0 saturated carbocycles. The highest BCUT2D eigenvalue weighted by Crippen LogP contribution is 2.29. The summed E-state index contributed by atoms with van der Waals surface area (Å²) in [5.74, 6) is -1.02. The van der Waals surface area contributed by atoms with E-state index in [4.69, 9.17) is 5.26 Å². The molecule has 0 aliphatic heterocycles. The number of Topliss-reactive ketones (excluding diaryl/α,β-unsaturated/α-hetero) is 1. The van der Waals surface area contributed by atoms with Crippen molar-refractivity contribution in [2.75, 3.05) is 0 Å². The zero-order valence-corrected chi connectivity index (χ0v) is 13.2. The third-order valence-electron chi connectivity index (χ3n) is 3.59. The molecule has 0 fully saturated rings. The van der Waals surface area contributed by atoms with Crippen LogP contribution in [0.4, 0.5) is 0 Å². The Labute approximate surface area is 133 Å². The molecule has 2 aromatic rings. The molecule has 110 valence electrons. The summed E-state index contributed by atoms with van der Waals surface area (Å²) < 4.78 is 0. The first-order valence-corrected chi connectivity index (χ1v) is 7.88. The molecule has 2 atom stereocenters. The van der Waals surface area contributed by atoms with Crippen molar-refractivity contribution >= 4 is 17.1 Å². The molecule has 0 unspecified atom stereocenters. The van der Waals surface area contributed by atoms with E-state index in [1.807, 2.05) is 31.4 Å². The highest BCUT2D eigenvalue weighted by molar-refractivity contribution is 7.10. The average molecular weight is 309 g/mol. The van der Waals surface area contributed by atoms with Gasteiger partial charge in [-0.3, -0.25) is 4.79 Å². The summed E-state index contributed by atoms with van der Waals surface area (Å²) in [7, 11) is 0. The molecule has 5 heteroatoms. The van der Waals surface area contributed by atoms with Gasteiger partial charge in [0.25, 0.3) is 0 Å². The van der Waals surface area contributed by atoms with Crippen LogP contribution in [0.15, 0.2) is 29.6 Å². The van der Waals surface area contributed by atoms with Gasteiger partial charge in [0.2, 0.25) is 0 Å². The highest BCUT2D eigenvalue weighted by atomic mass is 32.1. The maximum absolute atomic E-state index is 12.2. The summed E-state index contributed by atoms with van der Waals surface area (Å²) in [4.78, 5) is 16.7. The topological polar surface area (TPSA) is 77.5 Å². The molecule has 0 N–H and O–H groups in total. The number of carbonyl (C=O) groups excluding carboxylic acids is 1. The Morgan fingerprint density at radius 1 is 1.32 bits per heavy atom. The summed E-state index contributed by atoms with van der Waals surface area (Å²) in [5, 5.41) is 20.5. The molecular formula is C17H15N3OS. The number of nitrogens with zero attached hydrogens (tertiary/aromatic N) is 3. The third-order valence-corrected chi connectivity index (χ3v) is 4.50. The molecule has 0 amide bonds. The second-order valence-electron chi connectivity index (χ2n) is 5.03. The smallest absolute Gasteiger partial charge is 0.159 e. The molecule has 0 aliphatic rings. The lowest BCUT2D eigenvalue weighted by atomic mass is 9.93. The summed E-state index contributed by atoms with van der Waals surface area (Å²) in [5.41, 5.74) is 2.18. The first-order chi connectivity index (χ1) is 10.6. The minimum Gasteiger partial charge on any atom is -0.297 e. The Hall–Kier alpha value is -2.50. The van der Waals surface area contributed by atoms with Crippen LogP contribution in [0.3, 0.4) is 0 Å². The van der Waals surface area contributed by atoms with Gasteiger partial charge in [0, 0.05) is 16.9 Å². The molecule has 0 bridgehead atoms. The molecule has 22 heavy (non-hydrogen) atoms. The first kappa shape index (κ1) is 15.9. The standard InChI is InChI=1S/C17H15N3OS/c1-3-11(2)16(21)14(9-19)17-20-15(10-22-17)13-6-4-12(8-18)5-7-13/h4-7,10-11,14H,3H2,1-2H3/t11-,14+/m1/s1. The normalized spacial score (nSPS) is 12.9. The number of benzene rings is 1. The number of aromatic nitrogens is 1. The fourth-order valence-electron chi connectivity index (χ4n) is 1.99. The monoisotopic (exact) mass is 309 g/mol. The summed E-state index contributed by atoms with van der Waals surface area (Å²) in [6.07, 6.45) is 0.713. The minimum atomic E-state index is -0.799. The van der Waals surface area contributed by atoms with E-state index < -0.39 is 5.92 Å². The van der Waals surface area contributed by atoms with Crippen molar-refractivity contribution in [1.82, 2.24) is 4.98 Å². The molecule has 1 aromatic heterocycles. The van der Waals surface area contributed by atoms with Crippen LogP contribution < -0.4 is 0 Å². The predicted octanol–water partition coefficient (Wildman–Crippen LogP) is 3.90. The van der Waals surface area contributed by atoms with Crippen LogP contribution in [-0.2, 0) is 4.79 Å². The van der Waals surface area contributed by atoms with Gasteiger partial charge >= 0.3 is 0 Å². The predicted molar refractivity (Wildman–Crippen MR) is 85.1 cm³/mol. The van der Waals surface area contributed by atoms with Gasteiger partial charge in [-0.25, -0.2) is 4.98 Å². The molecule has 2 rings (SSSR count). The van der Waals surface area contributed by atoms with Crippen molar-refractivity contribution < 1.29 is 4.79 Å². The van der Waals surface area contributed by atoms with E-state index >= 15 is 0 Å². The van der Waals surface area contributed by atoms with Gasteiger partial charge in [-0.15, -0.1) is 11.3 Å². The SMILES string of the molecule is CC[C@@H](C)C(=O)[C@H](C#N)c1nc(-c2ccc(C#N)cc2)cs1. The molecule has 4 nitrogen and oxygen atoms in total. The molecule has 0 radical (unpaired) electrons. The fourth-order valence-corrected chi connectivity index (χ4v) is 2.87. The van der Waals surface area contributed by atoms with Crippen molar-refractivity contribution in [1.29, 1.82) is 10.5 Å². The number of carbonyl (C=O) groups is 1. The number of nitriles is 2. The second kappa shape index (κ2) is 6.98. The van der Waals surface area contributed by atoms with E-state index in [0.717, 1.165) is 11.3 Å². The molecule has 1 heterocycles. The lowest BCUT2D eigenvalue weighted by Crippen LogP contribution is -2.18. The highest BCUT2D eigenvalue weighted by Gasteiger charge is 2.27. The van der Waals surface area contributed by atoms with Crippen molar-refractivity contribution in [3.8, 4) is 23.4 Å². The zero-order chi connectivity index (χ0) is 16.1. The minimum absolute atomic E-state index is 0.0780. The van der Waals surface area contributed by atoms with Crippen molar-refractivity contribution in [2.24, 2.45) is 5.92 Å². The van der Waals surface area contributed by atoms with Crippen LogP contribution in [0, 0.1) is 28.6 Å². The van der Waals surface area contributed by atoms with Crippen molar-refractivity contribution in [3.05, 3.63) is 40.2 Å². The van der Waals surface area contributed by atoms with E-state index in [0.29, 0.717) is 17.0 Å².